The predicted molar refractivity (Wildman–Crippen MR) is 80.9 cm³/mol. The lowest BCUT2D eigenvalue weighted by Crippen LogP contribution is -2.35. The summed E-state index contributed by atoms with van der Waals surface area (Å²) < 4.78 is 0. The van der Waals surface area contributed by atoms with Gasteiger partial charge >= 0.3 is 0 Å². The van der Waals surface area contributed by atoms with Gasteiger partial charge in [0, 0.05) is 29.2 Å². The van der Waals surface area contributed by atoms with Crippen molar-refractivity contribution in [3.63, 3.8) is 0 Å². The summed E-state index contributed by atoms with van der Waals surface area (Å²) in [5.74, 6) is 0.555. The van der Waals surface area contributed by atoms with Gasteiger partial charge < -0.3 is 4.90 Å². The molecule has 0 radical (unpaired) electrons. The van der Waals surface area contributed by atoms with E-state index in [4.69, 9.17) is 23.2 Å². The van der Waals surface area contributed by atoms with Crippen LogP contribution in [0.5, 0.6) is 0 Å². The zero-order valence-electron chi connectivity index (χ0n) is 11.0. The maximum Gasteiger partial charge on any atom is 0.0494 e. The van der Waals surface area contributed by atoms with Crippen molar-refractivity contribution in [2.45, 2.75) is 50.9 Å². The number of benzene rings is 1. The van der Waals surface area contributed by atoms with E-state index in [1.54, 1.807) is 0 Å². The van der Waals surface area contributed by atoms with Crippen LogP contribution < -0.4 is 4.90 Å². The standard InChI is InChI=1S/C15H21Cl2N/c1-2-14-6-4-3-5-9-18(14)15-10-13(17)8-7-12(15)11-16/h7-8,10,14H,2-6,9,11H2,1H3. The Morgan fingerprint density at radius 2 is 2.11 bits per heavy atom. The molecule has 0 aliphatic carbocycles. The van der Waals surface area contributed by atoms with Crippen LogP contribution in [0.2, 0.25) is 5.02 Å². The molecule has 0 bridgehead atoms. The number of hydrogen-bond acceptors (Lipinski definition) is 1. The summed E-state index contributed by atoms with van der Waals surface area (Å²) in [5, 5.41) is 0.804. The van der Waals surface area contributed by atoms with Gasteiger partial charge in [0.2, 0.25) is 0 Å². The molecule has 1 aromatic rings. The van der Waals surface area contributed by atoms with Crippen LogP contribution >= 0.6 is 23.2 Å². The molecule has 0 saturated carbocycles. The highest BCUT2D eigenvalue weighted by atomic mass is 35.5. The van der Waals surface area contributed by atoms with Crippen LogP contribution in [-0.2, 0) is 5.88 Å². The largest absolute Gasteiger partial charge is 0.368 e. The van der Waals surface area contributed by atoms with Crippen molar-refractivity contribution < 1.29 is 0 Å². The highest BCUT2D eigenvalue weighted by Crippen LogP contribution is 2.31. The normalized spacial score (nSPS) is 20.8. The lowest BCUT2D eigenvalue weighted by atomic mass is 10.1. The molecular formula is C15H21Cl2N. The Hall–Kier alpha value is -0.400. The Balaban J connectivity index is 2.34. The molecule has 18 heavy (non-hydrogen) atoms. The van der Waals surface area contributed by atoms with Gasteiger partial charge in [-0.3, -0.25) is 0 Å². The smallest absolute Gasteiger partial charge is 0.0494 e. The number of anilines is 1. The average molecular weight is 286 g/mol. The third-order valence-electron chi connectivity index (χ3n) is 3.85. The van der Waals surface area contributed by atoms with Crippen LogP contribution in [0.25, 0.3) is 0 Å². The van der Waals surface area contributed by atoms with Crippen molar-refractivity contribution in [2.24, 2.45) is 0 Å². The molecule has 0 N–H and O–H groups in total. The van der Waals surface area contributed by atoms with Gasteiger partial charge in [-0.05, 0) is 37.0 Å². The number of halogens is 2. The molecule has 1 saturated heterocycles. The first-order valence-corrected chi connectivity index (χ1v) is 7.78. The summed E-state index contributed by atoms with van der Waals surface area (Å²) in [4.78, 5) is 2.52. The van der Waals surface area contributed by atoms with Gasteiger partial charge in [-0.1, -0.05) is 37.4 Å². The van der Waals surface area contributed by atoms with E-state index in [2.05, 4.69) is 24.0 Å². The zero-order valence-corrected chi connectivity index (χ0v) is 12.5. The Kier molecular flexibility index (Phi) is 5.20. The van der Waals surface area contributed by atoms with Gasteiger partial charge in [-0.15, -0.1) is 11.6 Å². The molecule has 1 aliphatic rings. The third kappa shape index (κ3) is 3.13. The number of hydrogen-bond donors (Lipinski definition) is 0. The van der Waals surface area contributed by atoms with Crippen LogP contribution in [0.15, 0.2) is 18.2 Å². The molecule has 0 aromatic heterocycles. The molecule has 1 unspecified atom stereocenters. The van der Waals surface area contributed by atoms with E-state index in [9.17, 15) is 0 Å². The molecule has 0 spiro atoms. The molecule has 100 valence electrons. The first-order chi connectivity index (χ1) is 8.76. The minimum absolute atomic E-state index is 0.555. The fourth-order valence-corrected chi connectivity index (χ4v) is 3.23. The second-order valence-electron chi connectivity index (χ2n) is 5.01. The van der Waals surface area contributed by atoms with Gasteiger partial charge in [0.15, 0.2) is 0 Å². The van der Waals surface area contributed by atoms with E-state index in [-0.39, 0.29) is 0 Å². The Morgan fingerprint density at radius 3 is 2.83 bits per heavy atom. The average Bonchev–Trinajstić information content (AvgIpc) is 2.63. The molecule has 1 fully saturated rings. The topological polar surface area (TPSA) is 3.24 Å². The highest BCUT2D eigenvalue weighted by Gasteiger charge is 2.21. The van der Waals surface area contributed by atoms with Crippen LogP contribution in [0.4, 0.5) is 5.69 Å². The molecule has 1 aliphatic heterocycles. The number of alkyl halides is 1. The van der Waals surface area contributed by atoms with Gasteiger partial charge in [0.25, 0.3) is 0 Å². The first-order valence-electron chi connectivity index (χ1n) is 6.87. The molecule has 1 heterocycles. The Bertz CT molecular complexity index is 392. The summed E-state index contributed by atoms with van der Waals surface area (Å²) in [6.45, 7) is 3.40. The lowest BCUT2D eigenvalue weighted by Gasteiger charge is -2.33. The molecule has 1 atom stereocenters. The maximum absolute atomic E-state index is 6.15. The Labute approximate surface area is 120 Å². The zero-order chi connectivity index (χ0) is 13.0. The van der Waals surface area contributed by atoms with Gasteiger partial charge in [0.1, 0.15) is 0 Å². The van der Waals surface area contributed by atoms with Crippen LogP contribution in [0.1, 0.15) is 44.6 Å². The van der Waals surface area contributed by atoms with Gasteiger partial charge in [-0.2, -0.15) is 0 Å². The second kappa shape index (κ2) is 6.68. The minimum Gasteiger partial charge on any atom is -0.368 e. The first kappa shape index (κ1) is 14.0. The van der Waals surface area contributed by atoms with Crippen molar-refractivity contribution >= 4 is 28.9 Å². The van der Waals surface area contributed by atoms with Crippen molar-refractivity contribution in [1.29, 1.82) is 0 Å². The summed E-state index contributed by atoms with van der Waals surface area (Å²) in [7, 11) is 0. The van der Waals surface area contributed by atoms with E-state index in [1.807, 2.05) is 6.07 Å². The van der Waals surface area contributed by atoms with Crippen molar-refractivity contribution in [3.05, 3.63) is 28.8 Å². The van der Waals surface area contributed by atoms with E-state index >= 15 is 0 Å². The van der Waals surface area contributed by atoms with Gasteiger partial charge in [-0.25, -0.2) is 0 Å². The Morgan fingerprint density at radius 1 is 1.28 bits per heavy atom. The molecule has 1 aromatic carbocycles. The quantitative estimate of drug-likeness (QED) is 0.687. The van der Waals surface area contributed by atoms with Crippen molar-refractivity contribution in [3.8, 4) is 0 Å². The minimum atomic E-state index is 0.555. The van der Waals surface area contributed by atoms with Crippen molar-refractivity contribution in [2.75, 3.05) is 11.4 Å². The molecular weight excluding hydrogens is 265 g/mol. The second-order valence-corrected chi connectivity index (χ2v) is 5.72. The molecule has 2 rings (SSSR count). The van der Waals surface area contributed by atoms with Crippen LogP contribution in [0.3, 0.4) is 0 Å². The fraction of sp³-hybridized carbons (Fsp3) is 0.600. The third-order valence-corrected chi connectivity index (χ3v) is 4.37. The summed E-state index contributed by atoms with van der Waals surface area (Å²) >= 11 is 12.2. The fourth-order valence-electron chi connectivity index (χ4n) is 2.84. The summed E-state index contributed by atoms with van der Waals surface area (Å²) in [5.41, 5.74) is 2.44. The van der Waals surface area contributed by atoms with Gasteiger partial charge in [0.05, 0.1) is 0 Å². The van der Waals surface area contributed by atoms with E-state index in [1.165, 1.54) is 43.4 Å². The molecule has 1 nitrogen and oxygen atoms in total. The number of nitrogens with zero attached hydrogens (tertiary/aromatic N) is 1. The number of rotatable bonds is 3. The van der Waals surface area contributed by atoms with Crippen LogP contribution in [0, 0.1) is 0 Å². The maximum atomic E-state index is 6.15. The predicted octanol–water partition coefficient (Wildman–Crippen LogP) is 5.24. The monoisotopic (exact) mass is 285 g/mol. The van der Waals surface area contributed by atoms with Crippen LogP contribution in [-0.4, -0.2) is 12.6 Å². The molecule has 3 heteroatoms. The van der Waals surface area contributed by atoms with E-state index in [0.717, 1.165) is 11.6 Å². The summed E-state index contributed by atoms with van der Waals surface area (Å²) in [6, 6.07) is 6.70. The van der Waals surface area contributed by atoms with Crippen molar-refractivity contribution in [1.82, 2.24) is 0 Å². The van der Waals surface area contributed by atoms with E-state index in [0.29, 0.717) is 11.9 Å². The SMILES string of the molecule is CCC1CCCCCN1c1cc(Cl)ccc1CCl. The molecule has 0 amide bonds. The highest BCUT2D eigenvalue weighted by molar-refractivity contribution is 6.31. The van der Waals surface area contributed by atoms with E-state index < -0.39 is 0 Å². The lowest BCUT2D eigenvalue weighted by molar-refractivity contribution is 0.555. The summed E-state index contributed by atoms with van der Waals surface area (Å²) in [6.07, 6.45) is 6.42.